The smallest absolute Gasteiger partial charge is 0.258 e. The number of nitrogens with zero attached hydrogens (tertiary/aromatic N) is 2. The first-order chi connectivity index (χ1) is 16.0. The number of β-amino-alcohol motifs (C(OH)–C–C–N with tert-alkyl or cyclic N) is 1. The van der Waals surface area contributed by atoms with Crippen molar-refractivity contribution in [2.75, 3.05) is 13.1 Å². The molecule has 1 aromatic heterocycles. The molecule has 1 aliphatic heterocycles. The van der Waals surface area contributed by atoms with Gasteiger partial charge in [-0.1, -0.05) is 41.9 Å². The highest BCUT2D eigenvalue weighted by Gasteiger charge is 2.20. The largest absolute Gasteiger partial charge is 0.489 e. The summed E-state index contributed by atoms with van der Waals surface area (Å²) in [5.41, 5.74) is 5.65. The second kappa shape index (κ2) is 9.56. The Labute approximate surface area is 198 Å². The predicted octanol–water partition coefficient (Wildman–Crippen LogP) is 4.59. The lowest BCUT2D eigenvalue weighted by atomic mass is 9.93. The van der Waals surface area contributed by atoms with Crippen LogP contribution in [0.2, 0.25) is 5.02 Å². The molecule has 1 fully saturated rings. The Morgan fingerprint density at radius 3 is 2.61 bits per heavy atom. The van der Waals surface area contributed by atoms with E-state index in [1.54, 1.807) is 16.8 Å². The summed E-state index contributed by atoms with van der Waals surface area (Å²) >= 11 is 5.92. The zero-order valence-corrected chi connectivity index (χ0v) is 19.2. The number of aliphatic hydroxyl groups excluding tert-OH is 1. The van der Waals surface area contributed by atoms with Crippen molar-refractivity contribution in [1.29, 1.82) is 0 Å². The highest BCUT2D eigenvalue weighted by atomic mass is 35.5. The maximum Gasteiger partial charge on any atom is 0.258 e. The van der Waals surface area contributed by atoms with E-state index in [2.05, 4.69) is 29.2 Å². The van der Waals surface area contributed by atoms with Gasteiger partial charge in [-0.25, -0.2) is 0 Å². The number of aliphatic hydroxyl groups is 1. The average molecular weight is 463 g/mol. The standard InChI is InChI=1S/C27H27ClN2O3/c28-23-6-2-19(3-7-23)18-33-26-10-12-30(27(32)15-26)24-8-5-21-13-20(1-4-22(21)14-24)16-29-11-9-25(31)17-29/h1-4,6-7,10,12-15,25,31H,5,8-9,11,16-18H2/t25-/m0/s1. The van der Waals surface area contributed by atoms with Gasteiger partial charge >= 0.3 is 0 Å². The molecule has 0 amide bonds. The third-order valence-corrected chi connectivity index (χ3v) is 6.60. The summed E-state index contributed by atoms with van der Waals surface area (Å²) in [4.78, 5) is 15.1. The van der Waals surface area contributed by atoms with Crippen LogP contribution in [0.25, 0.3) is 11.8 Å². The Hall–Kier alpha value is -2.86. The van der Waals surface area contributed by atoms with E-state index in [4.69, 9.17) is 16.3 Å². The van der Waals surface area contributed by atoms with Gasteiger partial charge in [-0.2, -0.15) is 0 Å². The first kappa shape index (κ1) is 22.0. The third-order valence-electron chi connectivity index (χ3n) is 6.35. The van der Waals surface area contributed by atoms with Crippen molar-refractivity contribution < 1.29 is 9.84 Å². The lowest BCUT2D eigenvalue weighted by molar-refractivity contribution is 0.175. The van der Waals surface area contributed by atoms with Crippen molar-refractivity contribution >= 4 is 23.4 Å². The molecule has 3 aromatic rings. The molecule has 2 aliphatic rings. The van der Waals surface area contributed by atoms with Gasteiger partial charge in [0.25, 0.3) is 5.56 Å². The number of fused-ring (bicyclic) bond motifs is 1. The molecule has 1 atom stereocenters. The first-order valence-corrected chi connectivity index (χ1v) is 11.7. The van der Waals surface area contributed by atoms with Crippen molar-refractivity contribution in [1.82, 2.24) is 9.47 Å². The molecule has 33 heavy (non-hydrogen) atoms. The SMILES string of the molecule is O=c1cc(OCc2ccc(Cl)cc2)ccn1C1=Cc2ccc(CN3CC[C@H](O)C3)cc2CC1. The van der Waals surface area contributed by atoms with Crippen LogP contribution in [0.5, 0.6) is 5.75 Å². The quantitative estimate of drug-likeness (QED) is 0.582. The fourth-order valence-corrected chi connectivity index (χ4v) is 4.69. The molecule has 1 aliphatic carbocycles. The predicted molar refractivity (Wildman–Crippen MR) is 131 cm³/mol. The second-order valence-electron chi connectivity index (χ2n) is 8.83. The Morgan fingerprint density at radius 1 is 1.03 bits per heavy atom. The number of benzene rings is 2. The maximum absolute atomic E-state index is 12.8. The number of aryl methyl sites for hydroxylation is 1. The van der Waals surface area contributed by atoms with Gasteiger partial charge in [0.1, 0.15) is 12.4 Å². The molecule has 1 N–H and O–H groups in total. The lowest BCUT2D eigenvalue weighted by Crippen LogP contribution is -2.22. The molecule has 0 radical (unpaired) electrons. The van der Waals surface area contributed by atoms with Gasteiger partial charge in [-0.15, -0.1) is 0 Å². The van der Waals surface area contributed by atoms with Crippen LogP contribution in [-0.4, -0.2) is 33.8 Å². The van der Waals surface area contributed by atoms with Crippen LogP contribution < -0.4 is 10.3 Å². The fourth-order valence-electron chi connectivity index (χ4n) is 4.57. The summed E-state index contributed by atoms with van der Waals surface area (Å²) in [5, 5.41) is 10.4. The Morgan fingerprint density at radius 2 is 1.85 bits per heavy atom. The molecular formula is C27H27ClN2O3. The summed E-state index contributed by atoms with van der Waals surface area (Å²) in [6.07, 6.45) is 6.28. The van der Waals surface area contributed by atoms with E-state index in [1.165, 1.54) is 11.1 Å². The van der Waals surface area contributed by atoms with Gasteiger partial charge in [-0.05, 0) is 65.8 Å². The number of likely N-dealkylation sites (tertiary alicyclic amines) is 1. The lowest BCUT2D eigenvalue weighted by Gasteiger charge is -2.21. The molecule has 170 valence electrons. The topological polar surface area (TPSA) is 54.7 Å². The maximum atomic E-state index is 12.8. The fraction of sp³-hybridized carbons (Fsp3) is 0.296. The van der Waals surface area contributed by atoms with E-state index >= 15 is 0 Å². The average Bonchev–Trinajstić information content (AvgIpc) is 3.23. The number of halogens is 1. The molecule has 5 nitrogen and oxygen atoms in total. The van der Waals surface area contributed by atoms with Gasteiger partial charge in [0.2, 0.25) is 0 Å². The third kappa shape index (κ3) is 5.22. The van der Waals surface area contributed by atoms with Crippen LogP contribution in [0.3, 0.4) is 0 Å². The number of pyridine rings is 1. The summed E-state index contributed by atoms with van der Waals surface area (Å²) in [6, 6.07) is 17.4. The van der Waals surface area contributed by atoms with E-state index in [-0.39, 0.29) is 11.7 Å². The summed E-state index contributed by atoms with van der Waals surface area (Å²) in [5.74, 6) is 0.555. The molecular weight excluding hydrogens is 436 g/mol. The second-order valence-corrected chi connectivity index (χ2v) is 9.27. The molecule has 0 saturated carbocycles. The number of hydrogen-bond acceptors (Lipinski definition) is 4. The molecule has 5 rings (SSSR count). The monoisotopic (exact) mass is 462 g/mol. The number of ether oxygens (including phenoxy) is 1. The molecule has 0 spiro atoms. The van der Waals surface area contributed by atoms with E-state index < -0.39 is 0 Å². The van der Waals surface area contributed by atoms with E-state index in [1.807, 2.05) is 30.3 Å². The molecule has 6 heteroatoms. The molecule has 0 unspecified atom stereocenters. The minimum atomic E-state index is -0.194. The minimum Gasteiger partial charge on any atom is -0.489 e. The van der Waals surface area contributed by atoms with Crippen LogP contribution in [0.4, 0.5) is 0 Å². The van der Waals surface area contributed by atoms with Gasteiger partial charge in [-0.3, -0.25) is 14.3 Å². The summed E-state index contributed by atoms with van der Waals surface area (Å²) < 4.78 is 7.50. The normalized spacial score (nSPS) is 18.1. The molecule has 0 bridgehead atoms. The van der Waals surface area contributed by atoms with Crippen LogP contribution in [0.1, 0.15) is 35.1 Å². The van der Waals surface area contributed by atoms with Crippen molar-refractivity contribution in [3.63, 3.8) is 0 Å². The van der Waals surface area contributed by atoms with Crippen LogP contribution >= 0.6 is 11.6 Å². The highest BCUT2D eigenvalue weighted by molar-refractivity contribution is 6.30. The number of allylic oxidation sites excluding steroid dienone is 1. The number of aromatic nitrogens is 1. The molecule has 2 aromatic carbocycles. The highest BCUT2D eigenvalue weighted by Crippen LogP contribution is 2.28. The van der Waals surface area contributed by atoms with Gasteiger partial charge in [0.05, 0.1) is 6.10 Å². The Bertz CT molecular complexity index is 1230. The molecule has 2 heterocycles. The first-order valence-electron chi connectivity index (χ1n) is 11.4. The van der Waals surface area contributed by atoms with Gasteiger partial charge < -0.3 is 9.84 Å². The van der Waals surface area contributed by atoms with Gasteiger partial charge in [0, 0.05) is 42.6 Å². The van der Waals surface area contributed by atoms with E-state index in [0.717, 1.165) is 55.7 Å². The zero-order chi connectivity index (χ0) is 22.8. The summed E-state index contributed by atoms with van der Waals surface area (Å²) in [7, 11) is 0. The van der Waals surface area contributed by atoms with E-state index in [9.17, 15) is 9.90 Å². The van der Waals surface area contributed by atoms with Crippen molar-refractivity contribution in [3.05, 3.63) is 98.4 Å². The number of hydrogen-bond donors (Lipinski definition) is 1. The van der Waals surface area contributed by atoms with Crippen molar-refractivity contribution in [3.8, 4) is 5.75 Å². The minimum absolute atomic E-state index is 0.0949. The Balaban J connectivity index is 1.27. The van der Waals surface area contributed by atoms with Crippen LogP contribution in [0, 0.1) is 0 Å². The van der Waals surface area contributed by atoms with Crippen LogP contribution in [0.15, 0.2) is 65.6 Å². The zero-order valence-electron chi connectivity index (χ0n) is 18.4. The van der Waals surface area contributed by atoms with Crippen molar-refractivity contribution in [2.45, 2.75) is 38.5 Å². The van der Waals surface area contributed by atoms with Crippen LogP contribution in [-0.2, 0) is 19.6 Å². The van der Waals surface area contributed by atoms with E-state index in [0.29, 0.717) is 17.4 Å². The number of rotatable bonds is 6. The van der Waals surface area contributed by atoms with Gasteiger partial charge in [0.15, 0.2) is 0 Å². The molecule has 1 saturated heterocycles. The Kier molecular flexibility index (Phi) is 6.36. The van der Waals surface area contributed by atoms with Crippen molar-refractivity contribution in [2.24, 2.45) is 0 Å². The summed E-state index contributed by atoms with van der Waals surface area (Å²) in [6.45, 7) is 2.96.